The fourth-order valence-corrected chi connectivity index (χ4v) is 2.18. The number of nitrogens with zero attached hydrogens (tertiary/aromatic N) is 1. The Bertz CT molecular complexity index is 450. The van der Waals surface area contributed by atoms with E-state index in [4.69, 9.17) is 0 Å². The largest absolute Gasteiger partial charge is 0.293 e. The van der Waals surface area contributed by atoms with Crippen LogP contribution in [-0.4, -0.2) is 10.2 Å². The molecule has 16 heavy (non-hydrogen) atoms. The molecule has 0 fully saturated rings. The quantitative estimate of drug-likeness (QED) is 0.753. The minimum atomic E-state index is 0.179. The van der Waals surface area contributed by atoms with E-state index in [1.54, 1.807) is 12.3 Å². The highest BCUT2D eigenvalue weighted by Gasteiger charge is 2.13. The van der Waals surface area contributed by atoms with E-state index in [0.29, 0.717) is 6.42 Å². The van der Waals surface area contributed by atoms with Gasteiger partial charge in [0, 0.05) is 12.6 Å². The van der Waals surface area contributed by atoms with Gasteiger partial charge in [-0.05, 0) is 29.1 Å². The molecular formula is C13H13NOS. The van der Waals surface area contributed by atoms with Gasteiger partial charge in [-0.25, -0.2) is 4.37 Å². The van der Waals surface area contributed by atoms with Crippen molar-refractivity contribution in [3.8, 4) is 0 Å². The summed E-state index contributed by atoms with van der Waals surface area (Å²) >= 11 is 1.27. The predicted octanol–water partition coefficient (Wildman–Crippen LogP) is 3.52. The molecule has 1 atom stereocenters. The van der Waals surface area contributed by atoms with E-state index in [-0.39, 0.29) is 11.7 Å². The van der Waals surface area contributed by atoms with Gasteiger partial charge in [0.25, 0.3) is 0 Å². The number of hydrogen-bond donors (Lipinski definition) is 0. The van der Waals surface area contributed by atoms with Crippen LogP contribution in [0.3, 0.4) is 0 Å². The Morgan fingerprint density at radius 3 is 2.69 bits per heavy atom. The van der Waals surface area contributed by atoms with Crippen molar-refractivity contribution in [3.63, 3.8) is 0 Å². The van der Waals surface area contributed by atoms with E-state index in [0.717, 1.165) is 4.88 Å². The molecule has 3 heteroatoms. The van der Waals surface area contributed by atoms with E-state index in [1.807, 2.05) is 18.2 Å². The minimum absolute atomic E-state index is 0.179. The van der Waals surface area contributed by atoms with E-state index in [2.05, 4.69) is 23.4 Å². The van der Waals surface area contributed by atoms with Crippen molar-refractivity contribution in [1.29, 1.82) is 0 Å². The first-order valence-corrected chi connectivity index (χ1v) is 6.03. The average molecular weight is 231 g/mol. The van der Waals surface area contributed by atoms with Crippen molar-refractivity contribution in [2.24, 2.45) is 0 Å². The Kier molecular flexibility index (Phi) is 3.47. The first-order chi connectivity index (χ1) is 7.77. The molecule has 0 saturated heterocycles. The summed E-state index contributed by atoms with van der Waals surface area (Å²) in [5.74, 6) is 0.439. The normalized spacial score (nSPS) is 12.3. The first-order valence-electron chi connectivity index (χ1n) is 5.26. The molecule has 0 aliphatic carbocycles. The summed E-state index contributed by atoms with van der Waals surface area (Å²) in [5, 5.41) is 0. The van der Waals surface area contributed by atoms with Crippen LogP contribution in [0.15, 0.2) is 42.6 Å². The third-order valence-electron chi connectivity index (χ3n) is 2.57. The summed E-state index contributed by atoms with van der Waals surface area (Å²) in [5.41, 5.74) is 1.21. The van der Waals surface area contributed by atoms with Crippen LogP contribution in [-0.2, 0) is 0 Å². The topological polar surface area (TPSA) is 30.0 Å². The van der Waals surface area contributed by atoms with Crippen LogP contribution in [0.1, 0.15) is 34.5 Å². The molecule has 0 aliphatic rings. The Morgan fingerprint density at radius 2 is 2.06 bits per heavy atom. The lowest BCUT2D eigenvalue weighted by atomic mass is 9.95. The van der Waals surface area contributed by atoms with Crippen molar-refractivity contribution < 1.29 is 4.79 Å². The number of aromatic nitrogens is 1. The molecule has 0 amide bonds. The molecule has 1 heterocycles. The number of rotatable bonds is 4. The van der Waals surface area contributed by atoms with Crippen LogP contribution in [0.5, 0.6) is 0 Å². The van der Waals surface area contributed by atoms with Gasteiger partial charge >= 0.3 is 0 Å². The zero-order chi connectivity index (χ0) is 11.4. The fourth-order valence-electron chi connectivity index (χ4n) is 1.64. The minimum Gasteiger partial charge on any atom is -0.293 e. The summed E-state index contributed by atoms with van der Waals surface area (Å²) < 4.78 is 3.94. The van der Waals surface area contributed by atoms with E-state index in [1.165, 1.54) is 17.1 Å². The second-order valence-electron chi connectivity index (χ2n) is 3.82. The van der Waals surface area contributed by atoms with Gasteiger partial charge in [0.1, 0.15) is 0 Å². The maximum absolute atomic E-state index is 11.9. The molecule has 0 bridgehead atoms. The molecule has 0 spiro atoms. The van der Waals surface area contributed by atoms with Gasteiger partial charge in [-0.3, -0.25) is 4.79 Å². The van der Waals surface area contributed by atoms with Crippen LogP contribution < -0.4 is 0 Å². The summed E-state index contributed by atoms with van der Waals surface area (Å²) in [6.45, 7) is 2.08. The Balaban J connectivity index is 2.03. The highest BCUT2D eigenvalue weighted by Crippen LogP contribution is 2.21. The molecule has 0 saturated carbocycles. The molecule has 1 unspecified atom stereocenters. The van der Waals surface area contributed by atoms with Crippen molar-refractivity contribution in [2.75, 3.05) is 0 Å². The number of carbonyl (C=O) groups excluding carboxylic acids is 1. The van der Waals surface area contributed by atoms with Crippen LogP contribution in [0.25, 0.3) is 0 Å². The molecule has 1 aromatic carbocycles. The summed E-state index contributed by atoms with van der Waals surface area (Å²) in [6.07, 6.45) is 2.22. The van der Waals surface area contributed by atoms with E-state index >= 15 is 0 Å². The second kappa shape index (κ2) is 5.03. The lowest BCUT2D eigenvalue weighted by Crippen LogP contribution is -2.03. The smallest absolute Gasteiger partial charge is 0.174 e. The van der Waals surface area contributed by atoms with Gasteiger partial charge in [0.2, 0.25) is 0 Å². The molecular weight excluding hydrogens is 218 g/mol. The molecule has 2 rings (SSSR count). The van der Waals surface area contributed by atoms with Gasteiger partial charge in [-0.15, -0.1) is 0 Å². The number of carbonyl (C=O) groups is 1. The summed E-state index contributed by atoms with van der Waals surface area (Å²) in [6, 6.07) is 11.9. The predicted molar refractivity (Wildman–Crippen MR) is 65.9 cm³/mol. The van der Waals surface area contributed by atoms with Crippen molar-refractivity contribution >= 4 is 17.3 Å². The summed E-state index contributed by atoms with van der Waals surface area (Å²) in [7, 11) is 0. The van der Waals surface area contributed by atoms with Crippen molar-refractivity contribution in [3.05, 3.63) is 53.0 Å². The Hall–Kier alpha value is -1.48. The lowest BCUT2D eigenvalue weighted by molar-refractivity contribution is 0.0979. The SMILES string of the molecule is CC(CC(=O)c1ccns1)c1ccccc1. The first kappa shape index (κ1) is 11.0. The van der Waals surface area contributed by atoms with Crippen LogP contribution in [0.4, 0.5) is 0 Å². The second-order valence-corrected chi connectivity index (χ2v) is 4.65. The van der Waals surface area contributed by atoms with Crippen LogP contribution in [0.2, 0.25) is 0 Å². The maximum Gasteiger partial charge on any atom is 0.174 e. The van der Waals surface area contributed by atoms with Crippen LogP contribution in [0, 0.1) is 0 Å². The highest BCUT2D eigenvalue weighted by atomic mass is 32.1. The zero-order valence-electron chi connectivity index (χ0n) is 9.09. The molecule has 0 radical (unpaired) electrons. The molecule has 0 N–H and O–H groups in total. The van der Waals surface area contributed by atoms with Crippen molar-refractivity contribution in [1.82, 2.24) is 4.37 Å². The molecule has 1 aromatic heterocycles. The van der Waals surface area contributed by atoms with Gasteiger partial charge < -0.3 is 0 Å². The Labute approximate surface area is 99.1 Å². The van der Waals surface area contributed by atoms with Crippen molar-refractivity contribution in [2.45, 2.75) is 19.3 Å². The number of benzene rings is 1. The standard InChI is InChI=1S/C13H13NOS/c1-10(11-5-3-2-4-6-11)9-12(15)13-7-8-14-16-13/h2-8,10H,9H2,1H3. The highest BCUT2D eigenvalue weighted by molar-refractivity contribution is 7.08. The molecule has 2 nitrogen and oxygen atoms in total. The van der Waals surface area contributed by atoms with Gasteiger partial charge in [-0.1, -0.05) is 37.3 Å². The van der Waals surface area contributed by atoms with Gasteiger partial charge in [0.15, 0.2) is 5.78 Å². The number of hydrogen-bond acceptors (Lipinski definition) is 3. The fraction of sp³-hybridized carbons (Fsp3) is 0.231. The molecule has 0 aliphatic heterocycles. The van der Waals surface area contributed by atoms with Gasteiger partial charge in [0.05, 0.1) is 4.88 Å². The third-order valence-corrected chi connectivity index (χ3v) is 3.36. The lowest BCUT2D eigenvalue weighted by Gasteiger charge is -2.09. The maximum atomic E-state index is 11.9. The summed E-state index contributed by atoms with van der Waals surface area (Å²) in [4.78, 5) is 12.6. The zero-order valence-corrected chi connectivity index (χ0v) is 9.91. The average Bonchev–Trinajstić information content (AvgIpc) is 2.83. The monoisotopic (exact) mass is 231 g/mol. The number of ketones is 1. The van der Waals surface area contributed by atoms with Gasteiger partial charge in [-0.2, -0.15) is 0 Å². The van der Waals surface area contributed by atoms with E-state index < -0.39 is 0 Å². The van der Waals surface area contributed by atoms with Crippen LogP contribution >= 0.6 is 11.5 Å². The van der Waals surface area contributed by atoms with E-state index in [9.17, 15) is 4.79 Å². The number of Topliss-reactive ketones (excluding diaryl/α,β-unsaturated/α-hetero) is 1. The third kappa shape index (κ3) is 2.55. The molecule has 2 aromatic rings. The Morgan fingerprint density at radius 1 is 1.31 bits per heavy atom. The molecule has 82 valence electrons.